The SMILES string of the molecule is O=C(Nc1ccc2c(c1)OC1(CCCC1)O2)c1ccc(S(=O)(=O)C(F)F)cc1. The molecule has 148 valence electrons. The third kappa shape index (κ3) is 3.30. The molecule has 1 spiro atoms. The van der Waals surface area contributed by atoms with Gasteiger partial charge in [0, 0.05) is 30.2 Å². The van der Waals surface area contributed by atoms with Gasteiger partial charge in [0.05, 0.1) is 4.90 Å². The molecule has 1 aliphatic carbocycles. The Balaban J connectivity index is 1.48. The van der Waals surface area contributed by atoms with Gasteiger partial charge in [-0.3, -0.25) is 4.79 Å². The number of hydrogen-bond acceptors (Lipinski definition) is 5. The number of halogens is 2. The van der Waals surface area contributed by atoms with Crippen molar-refractivity contribution in [3.8, 4) is 11.5 Å². The van der Waals surface area contributed by atoms with E-state index < -0.39 is 32.2 Å². The summed E-state index contributed by atoms with van der Waals surface area (Å²) in [5, 5.41) is 2.68. The van der Waals surface area contributed by atoms with Crippen molar-refractivity contribution in [2.45, 2.75) is 42.1 Å². The van der Waals surface area contributed by atoms with Crippen LogP contribution in [0.4, 0.5) is 14.5 Å². The Bertz CT molecular complexity index is 1020. The largest absolute Gasteiger partial charge is 0.448 e. The lowest BCUT2D eigenvalue weighted by Crippen LogP contribution is -2.34. The van der Waals surface area contributed by atoms with Gasteiger partial charge in [0.25, 0.3) is 11.7 Å². The van der Waals surface area contributed by atoms with Crippen LogP contribution in [-0.4, -0.2) is 25.9 Å². The fourth-order valence-electron chi connectivity index (χ4n) is 3.39. The van der Waals surface area contributed by atoms with E-state index in [0.29, 0.717) is 17.2 Å². The van der Waals surface area contributed by atoms with E-state index in [4.69, 9.17) is 9.47 Å². The predicted octanol–water partition coefficient (Wildman–Crippen LogP) is 3.98. The third-order valence-corrected chi connectivity index (χ3v) is 6.24. The van der Waals surface area contributed by atoms with Crippen LogP contribution in [0, 0.1) is 0 Å². The van der Waals surface area contributed by atoms with E-state index in [-0.39, 0.29) is 5.56 Å². The molecule has 0 radical (unpaired) electrons. The quantitative estimate of drug-likeness (QED) is 0.826. The molecular formula is C19H17F2NO5S. The first kappa shape index (κ1) is 18.7. The zero-order valence-electron chi connectivity index (χ0n) is 14.7. The number of carbonyl (C=O) groups excluding carboxylic acids is 1. The molecule has 2 aromatic rings. The molecular weight excluding hydrogens is 392 g/mol. The number of amides is 1. The van der Waals surface area contributed by atoms with Gasteiger partial charge >= 0.3 is 5.76 Å². The molecule has 0 aromatic heterocycles. The Morgan fingerprint density at radius 2 is 1.64 bits per heavy atom. The highest BCUT2D eigenvalue weighted by molar-refractivity contribution is 7.91. The van der Waals surface area contributed by atoms with E-state index in [9.17, 15) is 22.0 Å². The normalized spacial score (nSPS) is 17.2. The maximum Gasteiger partial charge on any atom is 0.341 e. The summed E-state index contributed by atoms with van der Waals surface area (Å²) < 4.78 is 59.9. The van der Waals surface area contributed by atoms with Gasteiger partial charge in [-0.1, -0.05) is 0 Å². The first-order valence-corrected chi connectivity index (χ1v) is 10.3. The second kappa shape index (κ2) is 6.73. The fourth-order valence-corrected chi connectivity index (χ4v) is 4.11. The van der Waals surface area contributed by atoms with Gasteiger partial charge in [0.1, 0.15) is 0 Å². The summed E-state index contributed by atoms with van der Waals surface area (Å²) in [5.41, 5.74) is 0.616. The van der Waals surface area contributed by atoms with Crippen LogP contribution in [-0.2, 0) is 9.84 Å². The molecule has 1 heterocycles. The molecule has 0 atom stereocenters. The number of rotatable bonds is 4. The number of anilines is 1. The van der Waals surface area contributed by atoms with E-state index in [0.717, 1.165) is 37.8 Å². The molecule has 9 heteroatoms. The molecule has 1 saturated carbocycles. The summed E-state index contributed by atoms with van der Waals surface area (Å²) in [5.74, 6) is -3.43. The van der Waals surface area contributed by atoms with E-state index in [1.54, 1.807) is 18.2 Å². The molecule has 1 aliphatic heterocycles. The monoisotopic (exact) mass is 409 g/mol. The van der Waals surface area contributed by atoms with Gasteiger partial charge < -0.3 is 14.8 Å². The van der Waals surface area contributed by atoms with Crippen LogP contribution in [0.3, 0.4) is 0 Å². The minimum absolute atomic E-state index is 0.137. The third-order valence-electron chi connectivity index (χ3n) is 4.84. The molecule has 1 fully saturated rings. The van der Waals surface area contributed by atoms with Crippen molar-refractivity contribution in [1.29, 1.82) is 0 Å². The van der Waals surface area contributed by atoms with E-state index in [2.05, 4.69) is 5.32 Å². The Hall–Kier alpha value is -2.68. The van der Waals surface area contributed by atoms with Gasteiger partial charge in [0.2, 0.25) is 9.84 Å². The van der Waals surface area contributed by atoms with Gasteiger partial charge in [-0.05, 0) is 49.2 Å². The maximum atomic E-state index is 12.6. The number of sulfone groups is 1. The van der Waals surface area contributed by atoms with Crippen LogP contribution in [0.2, 0.25) is 0 Å². The molecule has 1 N–H and O–H groups in total. The molecule has 1 amide bonds. The summed E-state index contributed by atoms with van der Waals surface area (Å²) in [6.07, 6.45) is 3.71. The number of fused-ring (bicyclic) bond motifs is 1. The number of ether oxygens (including phenoxy) is 2. The van der Waals surface area contributed by atoms with Crippen molar-refractivity contribution >= 4 is 21.4 Å². The summed E-state index contributed by atoms with van der Waals surface area (Å²) in [4.78, 5) is 11.8. The highest BCUT2D eigenvalue weighted by atomic mass is 32.2. The molecule has 0 bridgehead atoms. The molecule has 6 nitrogen and oxygen atoms in total. The Labute approximate surface area is 160 Å². The lowest BCUT2D eigenvalue weighted by molar-refractivity contribution is -0.0716. The average molecular weight is 409 g/mol. The fraction of sp³-hybridized carbons (Fsp3) is 0.316. The van der Waals surface area contributed by atoms with Crippen molar-refractivity contribution < 1.29 is 31.5 Å². The molecule has 2 aromatic carbocycles. The van der Waals surface area contributed by atoms with Gasteiger partial charge in [-0.25, -0.2) is 8.42 Å². The zero-order valence-corrected chi connectivity index (χ0v) is 15.5. The van der Waals surface area contributed by atoms with Crippen LogP contribution in [0.15, 0.2) is 47.4 Å². The van der Waals surface area contributed by atoms with Crippen LogP contribution in [0.1, 0.15) is 36.0 Å². The summed E-state index contributed by atoms with van der Waals surface area (Å²) in [6.45, 7) is 0. The Morgan fingerprint density at radius 1 is 1.00 bits per heavy atom. The lowest BCUT2D eigenvalue weighted by Gasteiger charge is -2.21. The van der Waals surface area contributed by atoms with Crippen LogP contribution in [0.5, 0.6) is 11.5 Å². The first-order valence-electron chi connectivity index (χ1n) is 8.75. The summed E-state index contributed by atoms with van der Waals surface area (Å²) >= 11 is 0. The van der Waals surface area contributed by atoms with Crippen LogP contribution < -0.4 is 14.8 Å². The van der Waals surface area contributed by atoms with Gasteiger partial charge in [-0.2, -0.15) is 8.78 Å². The average Bonchev–Trinajstić information content (AvgIpc) is 3.27. The summed E-state index contributed by atoms with van der Waals surface area (Å²) in [7, 11) is -4.69. The molecule has 2 aliphatic rings. The second-order valence-electron chi connectivity index (χ2n) is 6.77. The minimum Gasteiger partial charge on any atom is -0.448 e. The van der Waals surface area contributed by atoms with Crippen molar-refractivity contribution in [2.75, 3.05) is 5.32 Å². The maximum absolute atomic E-state index is 12.6. The van der Waals surface area contributed by atoms with Crippen LogP contribution >= 0.6 is 0 Å². The molecule has 0 unspecified atom stereocenters. The van der Waals surface area contributed by atoms with Crippen molar-refractivity contribution in [3.63, 3.8) is 0 Å². The van der Waals surface area contributed by atoms with Crippen molar-refractivity contribution in [2.24, 2.45) is 0 Å². The van der Waals surface area contributed by atoms with Crippen molar-refractivity contribution in [1.82, 2.24) is 0 Å². The smallest absolute Gasteiger partial charge is 0.341 e. The van der Waals surface area contributed by atoms with E-state index in [1.807, 2.05) is 0 Å². The number of nitrogens with one attached hydrogen (secondary N) is 1. The van der Waals surface area contributed by atoms with Gasteiger partial charge in [0.15, 0.2) is 11.5 Å². The van der Waals surface area contributed by atoms with E-state index in [1.165, 1.54) is 12.1 Å². The highest BCUT2D eigenvalue weighted by Crippen LogP contribution is 2.47. The number of alkyl halides is 2. The van der Waals surface area contributed by atoms with Crippen molar-refractivity contribution in [3.05, 3.63) is 48.0 Å². The summed E-state index contributed by atoms with van der Waals surface area (Å²) in [6, 6.07) is 9.39. The minimum atomic E-state index is -4.69. The highest BCUT2D eigenvalue weighted by Gasteiger charge is 2.44. The van der Waals surface area contributed by atoms with Gasteiger partial charge in [-0.15, -0.1) is 0 Å². The first-order chi connectivity index (χ1) is 13.3. The standard InChI is InChI=1S/C19H17F2NO5S/c20-18(21)28(24,25)14-6-3-12(4-7-14)17(23)22-13-5-8-15-16(11-13)27-19(26-15)9-1-2-10-19/h3-8,11,18H,1-2,9-10H2,(H,22,23). The molecule has 4 rings (SSSR count). The number of carbonyl (C=O) groups is 1. The van der Waals surface area contributed by atoms with E-state index >= 15 is 0 Å². The second-order valence-corrected chi connectivity index (χ2v) is 8.69. The Morgan fingerprint density at radius 3 is 2.29 bits per heavy atom. The zero-order chi connectivity index (χ0) is 19.9. The van der Waals surface area contributed by atoms with Crippen LogP contribution in [0.25, 0.3) is 0 Å². The topological polar surface area (TPSA) is 81.7 Å². The predicted molar refractivity (Wildman–Crippen MR) is 96.5 cm³/mol. The lowest BCUT2D eigenvalue weighted by atomic mass is 10.2. The Kier molecular flexibility index (Phi) is 4.49. The molecule has 0 saturated heterocycles. The number of hydrogen-bond donors (Lipinski definition) is 1. The number of benzene rings is 2. The molecule has 28 heavy (non-hydrogen) atoms.